The molecule has 0 saturated heterocycles. The molecule has 4 heteroatoms. The smallest absolute Gasteiger partial charge is 0.323 e. The normalized spacial score (nSPS) is 12.0. The first-order valence-electron chi connectivity index (χ1n) is 3.97. The monoisotopic (exact) mass is 169 g/mol. The van der Waals surface area contributed by atoms with Crippen LogP contribution in [0.3, 0.4) is 0 Å². The third-order valence-corrected chi connectivity index (χ3v) is 1.76. The van der Waals surface area contributed by atoms with E-state index in [1.165, 1.54) is 0 Å². The van der Waals surface area contributed by atoms with E-state index in [0.717, 1.165) is 11.4 Å². The van der Waals surface area contributed by atoms with Crippen molar-refractivity contribution in [2.75, 3.05) is 0 Å². The minimum Gasteiger partial charge on any atom is -0.325 e. The lowest BCUT2D eigenvalue weighted by atomic mass is 9.91. The molecule has 1 aromatic heterocycles. The van der Waals surface area contributed by atoms with Crippen LogP contribution >= 0.6 is 0 Å². The molecule has 0 amide bonds. The highest BCUT2D eigenvalue weighted by atomic mass is 16.1. The molecule has 12 heavy (non-hydrogen) atoms. The van der Waals surface area contributed by atoms with Gasteiger partial charge in [0.05, 0.1) is 5.69 Å². The van der Waals surface area contributed by atoms with Crippen LogP contribution in [0.1, 0.15) is 32.2 Å². The van der Waals surface area contributed by atoms with Crippen LogP contribution < -0.4 is 11.4 Å². The average molecular weight is 169 g/mol. The number of nitrogens with two attached hydrogens (primary N) is 1. The molecule has 0 saturated carbocycles. The van der Waals surface area contributed by atoms with Crippen LogP contribution in [0.15, 0.2) is 4.79 Å². The van der Waals surface area contributed by atoms with Gasteiger partial charge in [0.25, 0.3) is 0 Å². The topological polar surface area (TPSA) is 74.7 Å². The Morgan fingerprint density at radius 2 is 1.92 bits per heavy atom. The number of imidazole rings is 1. The fourth-order valence-electron chi connectivity index (χ4n) is 1.21. The summed E-state index contributed by atoms with van der Waals surface area (Å²) >= 11 is 0. The van der Waals surface area contributed by atoms with E-state index in [9.17, 15) is 4.79 Å². The lowest BCUT2D eigenvalue weighted by Gasteiger charge is -2.17. The van der Waals surface area contributed by atoms with E-state index in [-0.39, 0.29) is 11.1 Å². The Kier molecular flexibility index (Phi) is 2.10. The molecular weight excluding hydrogens is 154 g/mol. The van der Waals surface area contributed by atoms with Crippen molar-refractivity contribution in [1.29, 1.82) is 0 Å². The van der Waals surface area contributed by atoms with E-state index in [0.29, 0.717) is 6.54 Å². The van der Waals surface area contributed by atoms with Crippen LogP contribution in [-0.4, -0.2) is 9.97 Å². The zero-order chi connectivity index (χ0) is 9.35. The van der Waals surface area contributed by atoms with Gasteiger partial charge in [-0.05, 0) is 0 Å². The van der Waals surface area contributed by atoms with Crippen molar-refractivity contribution in [1.82, 2.24) is 9.97 Å². The van der Waals surface area contributed by atoms with Crippen molar-refractivity contribution < 1.29 is 0 Å². The number of H-pyrrole nitrogens is 2. The second-order valence-corrected chi connectivity index (χ2v) is 3.89. The highest BCUT2D eigenvalue weighted by Crippen LogP contribution is 2.20. The second kappa shape index (κ2) is 2.79. The Morgan fingerprint density at radius 3 is 2.25 bits per heavy atom. The van der Waals surface area contributed by atoms with Gasteiger partial charge in [0, 0.05) is 17.7 Å². The van der Waals surface area contributed by atoms with Crippen molar-refractivity contribution in [3.8, 4) is 0 Å². The molecule has 0 spiro atoms. The van der Waals surface area contributed by atoms with Gasteiger partial charge in [-0.15, -0.1) is 0 Å². The molecule has 1 heterocycles. The number of nitrogens with one attached hydrogen (secondary N) is 2. The molecular formula is C8H15N3O. The molecule has 4 N–H and O–H groups in total. The first kappa shape index (κ1) is 9.06. The Labute approximate surface area is 71.2 Å². The van der Waals surface area contributed by atoms with Crippen LogP contribution in [0.4, 0.5) is 0 Å². The largest absolute Gasteiger partial charge is 0.325 e. The van der Waals surface area contributed by atoms with Crippen molar-refractivity contribution >= 4 is 0 Å². The fraction of sp³-hybridized carbons (Fsp3) is 0.625. The molecule has 0 unspecified atom stereocenters. The highest BCUT2D eigenvalue weighted by molar-refractivity contribution is 5.19. The maximum Gasteiger partial charge on any atom is 0.323 e. The molecule has 4 nitrogen and oxygen atoms in total. The second-order valence-electron chi connectivity index (χ2n) is 3.89. The predicted molar refractivity (Wildman–Crippen MR) is 48.0 cm³/mol. The van der Waals surface area contributed by atoms with Gasteiger partial charge in [-0.2, -0.15) is 0 Å². The van der Waals surface area contributed by atoms with Gasteiger partial charge < -0.3 is 15.7 Å². The van der Waals surface area contributed by atoms with Crippen molar-refractivity contribution in [2.45, 2.75) is 32.7 Å². The maximum absolute atomic E-state index is 11.0. The predicted octanol–water partition coefficient (Wildman–Crippen LogP) is 0.459. The molecule has 1 rings (SSSR count). The summed E-state index contributed by atoms with van der Waals surface area (Å²) in [6.45, 7) is 6.47. The van der Waals surface area contributed by atoms with E-state index >= 15 is 0 Å². The van der Waals surface area contributed by atoms with E-state index in [4.69, 9.17) is 5.73 Å². The van der Waals surface area contributed by atoms with Gasteiger partial charge in [0.1, 0.15) is 0 Å². The van der Waals surface area contributed by atoms with E-state index in [2.05, 4.69) is 9.97 Å². The molecule has 0 aromatic carbocycles. The molecule has 0 bridgehead atoms. The molecule has 0 aliphatic rings. The quantitative estimate of drug-likeness (QED) is 0.571. The highest BCUT2D eigenvalue weighted by Gasteiger charge is 2.19. The lowest BCUT2D eigenvalue weighted by Crippen LogP contribution is -2.16. The average Bonchev–Trinajstić information content (AvgIpc) is 2.29. The Morgan fingerprint density at radius 1 is 1.33 bits per heavy atom. The summed E-state index contributed by atoms with van der Waals surface area (Å²) in [6, 6.07) is 0. The minimum absolute atomic E-state index is 0.0616. The van der Waals surface area contributed by atoms with Gasteiger partial charge in [0.15, 0.2) is 0 Å². The Hall–Kier alpha value is -1.03. The van der Waals surface area contributed by atoms with E-state index < -0.39 is 0 Å². The summed E-state index contributed by atoms with van der Waals surface area (Å²) in [5.41, 5.74) is 6.93. The SMILES string of the molecule is CC(C)(C)c1[nH]c(=O)[nH]c1CN. The number of hydrogen-bond acceptors (Lipinski definition) is 2. The first-order valence-corrected chi connectivity index (χ1v) is 3.97. The van der Waals surface area contributed by atoms with Crippen molar-refractivity contribution in [3.05, 3.63) is 21.9 Å². The number of hydrogen-bond donors (Lipinski definition) is 3. The summed E-state index contributed by atoms with van der Waals surface area (Å²) in [4.78, 5) is 16.4. The molecule has 0 fully saturated rings. The van der Waals surface area contributed by atoms with E-state index in [1.54, 1.807) is 0 Å². The Bertz CT molecular complexity index is 316. The first-order chi connectivity index (χ1) is 5.45. The molecule has 0 radical (unpaired) electrons. The zero-order valence-electron chi connectivity index (χ0n) is 7.69. The summed E-state index contributed by atoms with van der Waals surface area (Å²) in [7, 11) is 0. The van der Waals surface area contributed by atoms with Crippen LogP contribution in [0, 0.1) is 0 Å². The number of rotatable bonds is 1. The maximum atomic E-state index is 11.0. The van der Waals surface area contributed by atoms with Crippen LogP contribution in [0.25, 0.3) is 0 Å². The van der Waals surface area contributed by atoms with Gasteiger partial charge in [-0.25, -0.2) is 4.79 Å². The third kappa shape index (κ3) is 1.58. The van der Waals surface area contributed by atoms with Gasteiger partial charge >= 0.3 is 5.69 Å². The number of aromatic amines is 2. The molecule has 0 aliphatic carbocycles. The number of aromatic nitrogens is 2. The molecule has 0 aliphatic heterocycles. The molecule has 68 valence electrons. The van der Waals surface area contributed by atoms with Gasteiger partial charge in [0.2, 0.25) is 0 Å². The zero-order valence-corrected chi connectivity index (χ0v) is 7.69. The molecule has 0 atom stereocenters. The third-order valence-electron chi connectivity index (χ3n) is 1.76. The van der Waals surface area contributed by atoms with E-state index in [1.807, 2.05) is 20.8 Å². The van der Waals surface area contributed by atoms with Crippen LogP contribution in [0.2, 0.25) is 0 Å². The summed E-state index contributed by atoms with van der Waals surface area (Å²) in [5.74, 6) is 0. The van der Waals surface area contributed by atoms with Gasteiger partial charge in [-0.3, -0.25) is 0 Å². The Balaban J connectivity index is 3.23. The molecule has 1 aromatic rings. The fourth-order valence-corrected chi connectivity index (χ4v) is 1.21. The summed E-state index contributed by atoms with van der Waals surface area (Å²) in [6.07, 6.45) is 0. The minimum atomic E-state index is -0.180. The summed E-state index contributed by atoms with van der Waals surface area (Å²) in [5, 5.41) is 0. The van der Waals surface area contributed by atoms with Crippen molar-refractivity contribution in [3.63, 3.8) is 0 Å². The standard InChI is InChI=1S/C8H15N3O/c1-8(2,3)6-5(4-9)10-7(12)11-6/h4,9H2,1-3H3,(H2,10,11,12). The van der Waals surface area contributed by atoms with Gasteiger partial charge in [-0.1, -0.05) is 20.8 Å². The van der Waals surface area contributed by atoms with Crippen LogP contribution in [0.5, 0.6) is 0 Å². The lowest BCUT2D eigenvalue weighted by molar-refractivity contribution is 0.563. The summed E-state index contributed by atoms with van der Waals surface area (Å²) < 4.78 is 0. The van der Waals surface area contributed by atoms with Crippen molar-refractivity contribution in [2.24, 2.45) is 5.73 Å². The van der Waals surface area contributed by atoms with Crippen LogP contribution in [-0.2, 0) is 12.0 Å².